The Morgan fingerprint density at radius 2 is 1.76 bits per heavy atom. The van der Waals surface area contributed by atoms with Gasteiger partial charge in [0.15, 0.2) is 5.69 Å². The first-order chi connectivity index (χ1) is 9.82. The van der Waals surface area contributed by atoms with Gasteiger partial charge in [-0.25, -0.2) is 4.98 Å². The number of alkyl halides is 3. The molecule has 8 heteroatoms. The Bertz CT molecular complexity index is 669. The van der Waals surface area contributed by atoms with Crippen LogP contribution >= 0.6 is 0 Å². The Hall–Kier alpha value is -2.64. The van der Waals surface area contributed by atoms with Crippen LogP contribution in [-0.2, 0) is 6.18 Å². The number of nitrogens with zero attached hydrogens (tertiary/aromatic N) is 2. The Morgan fingerprint density at radius 1 is 1.14 bits per heavy atom. The highest BCUT2D eigenvalue weighted by Gasteiger charge is 2.30. The van der Waals surface area contributed by atoms with Crippen LogP contribution in [0.4, 0.5) is 24.7 Å². The highest BCUT2D eigenvalue weighted by Crippen LogP contribution is 2.33. The van der Waals surface area contributed by atoms with Gasteiger partial charge in [0.1, 0.15) is 5.82 Å². The Morgan fingerprint density at radius 3 is 2.24 bits per heavy atom. The average molecular weight is 297 g/mol. The highest BCUT2D eigenvalue weighted by atomic mass is 19.4. The number of nitro groups is 1. The number of benzene rings is 1. The van der Waals surface area contributed by atoms with Gasteiger partial charge in [0.05, 0.1) is 10.5 Å². The molecule has 110 valence electrons. The SMILES string of the molecule is CNc1ccc([N+](=O)[O-])c(-c2ccc(C(F)(F)F)cc2)n1. The average Bonchev–Trinajstić information content (AvgIpc) is 2.45. The maximum absolute atomic E-state index is 12.5. The van der Waals surface area contributed by atoms with E-state index in [1.165, 1.54) is 12.1 Å². The summed E-state index contributed by atoms with van der Waals surface area (Å²) in [6.45, 7) is 0. The molecule has 0 aliphatic carbocycles. The van der Waals surface area contributed by atoms with Crippen LogP contribution in [0.1, 0.15) is 5.56 Å². The largest absolute Gasteiger partial charge is 0.416 e. The number of hydrogen-bond donors (Lipinski definition) is 1. The molecule has 1 N–H and O–H groups in total. The normalized spacial score (nSPS) is 11.2. The van der Waals surface area contributed by atoms with Gasteiger partial charge in [-0.3, -0.25) is 10.1 Å². The zero-order chi connectivity index (χ0) is 15.6. The number of halogens is 3. The first kappa shape index (κ1) is 14.8. The van der Waals surface area contributed by atoms with E-state index in [-0.39, 0.29) is 16.9 Å². The number of aromatic nitrogens is 1. The fourth-order valence-electron chi connectivity index (χ4n) is 1.77. The maximum Gasteiger partial charge on any atom is 0.416 e. The van der Waals surface area contributed by atoms with Crippen molar-refractivity contribution < 1.29 is 18.1 Å². The zero-order valence-electron chi connectivity index (χ0n) is 10.8. The van der Waals surface area contributed by atoms with E-state index in [0.717, 1.165) is 24.3 Å². The lowest BCUT2D eigenvalue weighted by atomic mass is 10.1. The van der Waals surface area contributed by atoms with Crippen molar-refractivity contribution in [2.75, 3.05) is 12.4 Å². The molecule has 0 radical (unpaired) electrons. The molecule has 0 saturated heterocycles. The summed E-state index contributed by atoms with van der Waals surface area (Å²) in [5, 5.41) is 13.7. The van der Waals surface area contributed by atoms with E-state index in [4.69, 9.17) is 0 Å². The summed E-state index contributed by atoms with van der Waals surface area (Å²) in [6, 6.07) is 6.74. The fraction of sp³-hybridized carbons (Fsp3) is 0.154. The topological polar surface area (TPSA) is 68.1 Å². The van der Waals surface area contributed by atoms with E-state index in [0.29, 0.717) is 5.82 Å². The molecule has 2 rings (SSSR count). The monoisotopic (exact) mass is 297 g/mol. The number of anilines is 1. The van der Waals surface area contributed by atoms with E-state index in [1.807, 2.05) is 0 Å². The van der Waals surface area contributed by atoms with E-state index in [2.05, 4.69) is 10.3 Å². The summed E-state index contributed by atoms with van der Waals surface area (Å²) < 4.78 is 37.5. The number of rotatable bonds is 3. The molecular weight excluding hydrogens is 287 g/mol. The van der Waals surface area contributed by atoms with Gasteiger partial charge in [0, 0.05) is 18.7 Å². The van der Waals surface area contributed by atoms with Crippen molar-refractivity contribution in [3.8, 4) is 11.3 Å². The van der Waals surface area contributed by atoms with Crippen LogP contribution in [0.2, 0.25) is 0 Å². The van der Waals surface area contributed by atoms with Crippen molar-refractivity contribution in [1.29, 1.82) is 0 Å². The first-order valence-electron chi connectivity index (χ1n) is 5.83. The molecule has 2 aromatic rings. The molecule has 0 bridgehead atoms. The van der Waals surface area contributed by atoms with E-state index in [9.17, 15) is 23.3 Å². The van der Waals surface area contributed by atoms with Crippen molar-refractivity contribution in [1.82, 2.24) is 4.98 Å². The van der Waals surface area contributed by atoms with Crippen LogP contribution in [0.5, 0.6) is 0 Å². The van der Waals surface area contributed by atoms with Gasteiger partial charge in [0.2, 0.25) is 0 Å². The van der Waals surface area contributed by atoms with Crippen LogP contribution < -0.4 is 5.32 Å². The minimum atomic E-state index is -4.45. The van der Waals surface area contributed by atoms with Crippen molar-refractivity contribution in [2.45, 2.75) is 6.18 Å². The number of hydrogen-bond acceptors (Lipinski definition) is 4. The summed E-state index contributed by atoms with van der Waals surface area (Å²) in [5.74, 6) is 0.385. The molecule has 5 nitrogen and oxygen atoms in total. The van der Waals surface area contributed by atoms with Crippen molar-refractivity contribution in [2.24, 2.45) is 0 Å². The predicted molar refractivity (Wildman–Crippen MR) is 70.9 cm³/mol. The fourth-order valence-corrected chi connectivity index (χ4v) is 1.77. The third-order valence-electron chi connectivity index (χ3n) is 2.81. The quantitative estimate of drug-likeness (QED) is 0.692. The van der Waals surface area contributed by atoms with Gasteiger partial charge in [-0.05, 0) is 18.2 Å². The second-order valence-electron chi connectivity index (χ2n) is 4.15. The molecule has 21 heavy (non-hydrogen) atoms. The second-order valence-corrected chi connectivity index (χ2v) is 4.15. The summed E-state index contributed by atoms with van der Waals surface area (Å²) in [6.07, 6.45) is -4.45. The smallest absolute Gasteiger partial charge is 0.373 e. The van der Waals surface area contributed by atoms with Crippen molar-refractivity contribution >= 4 is 11.5 Å². The Balaban J connectivity index is 2.52. The number of nitrogens with one attached hydrogen (secondary N) is 1. The highest BCUT2D eigenvalue weighted by molar-refractivity contribution is 5.71. The molecule has 0 unspecified atom stereocenters. The minimum absolute atomic E-state index is 0.0144. The minimum Gasteiger partial charge on any atom is -0.373 e. The molecule has 1 aromatic heterocycles. The van der Waals surface area contributed by atoms with Crippen LogP contribution in [0.25, 0.3) is 11.3 Å². The zero-order valence-corrected chi connectivity index (χ0v) is 10.8. The lowest BCUT2D eigenvalue weighted by Crippen LogP contribution is -2.04. The molecule has 1 heterocycles. The van der Waals surface area contributed by atoms with Gasteiger partial charge in [-0.2, -0.15) is 13.2 Å². The van der Waals surface area contributed by atoms with Gasteiger partial charge >= 0.3 is 6.18 Å². The summed E-state index contributed by atoms with van der Waals surface area (Å²) in [4.78, 5) is 14.4. The molecule has 0 amide bonds. The third kappa shape index (κ3) is 3.10. The second kappa shape index (κ2) is 5.39. The van der Waals surface area contributed by atoms with Crippen LogP contribution in [0.3, 0.4) is 0 Å². The van der Waals surface area contributed by atoms with Gasteiger partial charge in [0.25, 0.3) is 5.69 Å². The standard InChI is InChI=1S/C13H10F3N3O2/c1-17-11-7-6-10(19(20)21)12(18-11)8-2-4-9(5-3-8)13(14,15)16/h2-7H,1H3,(H,17,18). The third-order valence-corrected chi connectivity index (χ3v) is 2.81. The maximum atomic E-state index is 12.5. The van der Waals surface area contributed by atoms with Gasteiger partial charge in [-0.1, -0.05) is 12.1 Å². The summed E-state index contributed by atoms with van der Waals surface area (Å²) in [5.41, 5.74) is -0.834. The number of pyridine rings is 1. The van der Waals surface area contributed by atoms with E-state index < -0.39 is 16.7 Å². The van der Waals surface area contributed by atoms with Crippen LogP contribution in [-0.4, -0.2) is 17.0 Å². The van der Waals surface area contributed by atoms with Crippen molar-refractivity contribution in [3.05, 3.63) is 52.1 Å². The van der Waals surface area contributed by atoms with E-state index in [1.54, 1.807) is 7.05 Å². The van der Waals surface area contributed by atoms with Gasteiger partial charge in [-0.15, -0.1) is 0 Å². The molecule has 0 aliphatic rings. The van der Waals surface area contributed by atoms with Crippen molar-refractivity contribution in [3.63, 3.8) is 0 Å². The lowest BCUT2D eigenvalue weighted by molar-refractivity contribution is -0.384. The Kier molecular flexibility index (Phi) is 3.79. The predicted octanol–water partition coefficient (Wildman–Crippen LogP) is 3.72. The molecule has 0 atom stereocenters. The Labute approximate surface area is 117 Å². The molecule has 0 saturated carbocycles. The van der Waals surface area contributed by atoms with Crippen LogP contribution in [0, 0.1) is 10.1 Å². The molecular formula is C13H10F3N3O2. The summed E-state index contributed by atoms with van der Waals surface area (Å²) >= 11 is 0. The van der Waals surface area contributed by atoms with E-state index >= 15 is 0 Å². The molecule has 0 fully saturated rings. The summed E-state index contributed by atoms with van der Waals surface area (Å²) in [7, 11) is 1.59. The van der Waals surface area contributed by atoms with Gasteiger partial charge < -0.3 is 5.32 Å². The first-order valence-corrected chi connectivity index (χ1v) is 5.83. The van der Waals surface area contributed by atoms with Crippen LogP contribution in [0.15, 0.2) is 36.4 Å². The molecule has 1 aromatic carbocycles. The lowest BCUT2D eigenvalue weighted by Gasteiger charge is -2.08. The molecule has 0 aliphatic heterocycles. The molecule has 0 spiro atoms.